The molecule has 0 atom stereocenters. The summed E-state index contributed by atoms with van der Waals surface area (Å²) in [6, 6.07) is 21.4. The van der Waals surface area contributed by atoms with Gasteiger partial charge in [0, 0.05) is 11.3 Å². The number of carbonyl (C=O) groups is 1. The summed E-state index contributed by atoms with van der Waals surface area (Å²) in [5, 5.41) is 9.20. The van der Waals surface area contributed by atoms with Crippen LogP contribution in [0.1, 0.15) is 5.56 Å². The number of amides is 1. The summed E-state index contributed by atoms with van der Waals surface area (Å²) in [5.74, 6) is 0.485. The molecule has 0 spiro atoms. The molecule has 0 aliphatic carbocycles. The van der Waals surface area contributed by atoms with Crippen LogP contribution >= 0.6 is 0 Å². The topological polar surface area (TPSA) is 62.7 Å². The van der Waals surface area contributed by atoms with Gasteiger partial charge in [-0.3, -0.25) is 4.79 Å². The van der Waals surface area contributed by atoms with E-state index in [1.54, 1.807) is 13.3 Å². The first-order valence-corrected chi connectivity index (χ1v) is 7.94. The van der Waals surface area contributed by atoms with E-state index in [0.29, 0.717) is 5.75 Å². The third-order valence-corrected chi connectivity index (χ3v) is 3.76. The molecule has 0 bridgehead atoms. The van der Waals surface area contributed by atoms with Crippen molar-refractivity contribution in [2.24, 2.45) is 5.10 Å². The lowest BCUT2D eigenvalue weighted by molar-refractivity contribution is -0.119. The maximum atomic E-state index is 11.9. The van der Waals surface area contributed by atoms with Crippen molar-refractivity contribution in [3.8, 4) is 5.75 Å². The molecule has 3 aromatic rings. The summed E-state index contributed by atoms with van der Waals surface area (Å²) in [5.41, 5.74) is 4.25. The van der Waals surface area contributed by atoms with E-state index in [2.05, 4.69) is 15.8 Å². The lowest BCUT2D eigenvalue weighted by Gasteiger charge is -2.08. The molecule has 0 aromatic heterocycles. The number of para-hydroxylation sites is 1. The summed E-state index contributed by atoms with van der Waals surface area (Å²) in [6.45, 7) is 0.147. The lowest BCUT2D eigenvalue weighted by atomic mass is 10.0. The number of hydrogen-bond acceptors (Lipinski definition) is 4. The molecular weight excluding hydrogens is 314 g/mol. The predicted octanol–water partition coefficient (Wildman–Crippen LogP) is 3.41. The Morgan fingerprint density at radius 2 is 1.80 bits per heavy atom. The molecule has 0 heterocycles. The van der Waals surface area contributed by atoms with Crippen LogP contribution in [-0.4, -0.2) is 25.8 Å². The molecule has 126 valence electrons. The second-order valence-corrected chi connectivity index (χ2v) is 5.42. The van der Waals surface area contributed by atoms with Gasteiger partial charge in [-0.25, -0.2) is 5.43 Å². The molecule has 2 N–H and O–H groups in total. The zero-order valence-corrected chi connectivity index (χ0v) is 13.9. The maximum Gasteiger partial charge on any atom is 0.259 e. The van der Waals surface area contributed by atoms with Crippen molar-refractivity contribution in [1.29, 1.82) is 0 Å². The molecule has 0 fully saturated rings. The molecule has 0 aliphatic rings. The zero-order chi connectivity index (χ0) is 17.5. The van der Waals surface area contributed by atoms with E-state index in [4.69, 9.17) is 4.74 Å². The van der Waals surface area contributed by atoms with Crippen LogP contribution in [0.15, 0.2) is 71.8 Å². The Morgan fingerprint density at radius 3 is 2.60 bits per heavy atom. The highest BCUT2D eigenvalue weighted by Crippen LogP contribution is 2.26. The fraction of sp³-hybridized carbons (Fsp3) is 0.100. The number of benzene rings is 3. The normalized spacial score (nSPS) is 10.8. The first-order chi connectivity index (χ1) is 12.3. The molecule has 1 amide bonds. The number of carbonyl (C=O) groups excluding carboxylic acids is 1. The van der Waals surface area contributed by atoms with Gasteiger partial charge in [-0.1, -0.05) is 48.5 Å². The summed E-state index contributed by atoms with van der Waals surface area (Å²) in [6.07, 6.45) is 1.61. The maximum absolute atomic E-state index is 11.9. The van der Waals surface area contributed by atoms with Gasteiger partial charge in [0.25, 0.3) is 5.91 Å². The monoisotopic (exact) mass is 333 g/mol. The van der Waals surface area contributed by atoms with Gasteiger partial charge in [0.2, 0.25) is 0 Å². The van der Waals surface area contributed by atoms with E-state index in [9.17, 15) is 4.79 Å². The molecule has 0 aliphatic heterocycles. The number of methoxy groups -OCH3 is 1. The van der Waals surface area contributed by atoms with Crippen molar-refractivity contribution >= 4 is 28.6 Å². The van der Waals surface area contributed by atoms with Crippen LogP contribution in [0.5, 0.6) is 5.75 Å². The van der Waals surface area contributed by atoms with E-state index in [1.165, 1.54) is 0 Å². The Bertz CT molecular complexity index is 892. The highest BCUT2D eigenvalue weighted by atomic mass is 16.5. The average Bonchev–Trinajstić information content (AvgIpc) is 2.67. The minimum Gasteiger partial charge on any atom is -0.496 e. The van der Waals surface area contributed by atoms with Crippen LogP contribution in [-0.2, 0) is 4.79 Å². The van der Waals surface area contributed by atoms with Gasteiger partial charge in [0.1, 0.15) is 5.75 Å². The van der Waals surface area contributed by atoms with E-state index in [1.807, 2.05) is 66.7 Å². The fourth-order valence-electron chi connectivity index (χ4n) is 2.53. The number of ether oxygens (including phenoxy) is 1. The van der Waals surface area contributed by atoms with Gasteiger partial charge in [-0.05, 0) is 29.0 Å². The lowest BCUT2D eigenvalue weighted by Crippen LogP contribution is -2.25. The fourth-order valence-corrected chi connectivity index (χ4v) is 2.53. The van der Waals surface area contributed by atoms with Crippen LogP contribution in [0.2, 0.25) is 0 Å². The van der Waals surface area contributed by atoms with E-state index in [0.717, 1.165) is 22.0 Å². The van der Waals surface area contributed by atoms with E-state index < -0.39 is 0 Å². The van der Waals surface area contributed by atoms with E-state index in [-0.39, 0.29) is 12.5 Å². The molecule has 3 aromatic carbocycles. The van der Waals surface area contributed by atoms with Crippen molar-refractivity contribution in [1.82, 2.24) is 5.43 Å². The number of hydrazone groups is 1. The van der Waals surface area contributed by atoms with Gasteiger partial charge < -0.3 is 10.1 Å². The summed E-state index contributed by atoms with van der Waals surface area (Å²) < 4.78 is 5.40. The molecule has 5 nitrogen and oxygen atoms in total. The molecule has 3 rings (SSSR count). The standard InChI is InChI=1S/C20H19N3O2/c1-25-19-12-11-15-7-5-6-10-17(15)18(19)13-22-23-20(24)14-21-16-8-3-2-4-9-16/h2-13,21H,14H2,1H3,(H,23,24)/b22-13+. The predicted molar refractivity (Wildman–Crippen MR) is 101 cm³/mol. The number of nitrogens with zero attached hydrogens (tertiary/aromatic N) is 1. The van der Waals surface area contributed by atoms with Crippen molar-refractivity contribution < 1.29 is 9.53 Å². The van der Waals surface area contributed by atoms with Crippen LogP contribution in [0, 0.1) is 0 Å². The van der Waals surface area contributed by atoms with Crippen molar-refractivity contribution in [2.75, 3.05) is 19.0 Å². The molecule has 0 radical (unpaired) electrons. The van der Waals surface area contributed by atoms with Gasteiger partial charge in [0.05, 0.1) is 19.9 Å². The summed E-state index contributed by atoms with van der Waals surface area (Å²) in [4.78, 5) is 11.9. The number of anilines is 1. The largest absolute Gasteiger partial charge is 0.496 e. The van der Waals surface area contributed by atoms with Crippen LogP contribution in [0.25, 0.3) is 10.8 Å². The van der Waals surface area contributed by atoms with Crippen molar-refractivity contribution in [2.45, 2.75) is 0 Å². The van der Waals surface area contributed by atoms with Crippen molar-refractivity contribution in [3.05, 3.63) is 72.3 Å². The van der Waals surface area contributed by atoms with E-state index >= 15 is 0 Å². The number of nitrogens with one attached hydrogen (secondary N) is 2. The zero-order valence-electron chi connectivity index (χ0n) is 13.9. The van der Waals surface area contributed by atoms with Gasteiger partial charge in [0.15, 0.2) is 0 Å². The minimum atomic E-state index is -0.223. The quantitative estimate of drug-likeness (QED) is 0.537. The molecule has 0 saturated carbocycles. The molecule has 25 heavy (non-hydrogen) atoms. The Kier molecular flexibility index (Phi) is 5.26. The first kappa shape index (κ1) is 16.5. The van der Waals surface area contributed by atoms with Gasteiger partial charge in [-0.15, -0.1) is 0 Å². The van der Waals surface area contributed by atoms with Crippen LogP contribution < -0.4 is 15.5 Å². The number of fused-ring (bicyclic) bond motifs is 1. The molecule has 5 heteroatoms. The van der Waals surface area contributed by atoms with Crippen molar-refractivity contribution in [3.63, 3.8) is 0 Å². The smallest absolute Gasteiger partial charge is 0.259 e. The Morgan fingerprint density at radius 1 is 1.04 bits per heavy atom. The van der Waals surface area contributed by atoms with Crippen LogP contribution in [0.3, 0.4) is 0 Å². The molecular formula is C20H19N3O2. The highest BCUT2D eigenvalue weighted by Gasteiger charge is 2.06. The highest BCUT2D eigenvalue weighted by molar-refractivity contribution is 6.02. The molecule has 0 saturated heterocycles. The molecule has 0 unspecified atom stereocenters. The summed E-state index contributed by atoms with van der Waals surface area (Å²) in [7, 11) is 1.61. The number of rotatable bonds is 6. The summed E-state index contributed by atoms with van der Waals surface area (Å²) >= 11 is 0. The average molecular weight is 333 g/mol. The van der Waals surface area contributed by atoms with Crippen LogP contribution in [0.4, 0.5) is 5.69 Å². The SMILES string of the molecule is COc1ccc2ccccc2c1/C=N/NC(=O)CNc1ccccc1. The Hall–Kier alpha value is -3.34. The van der Waals surface area contributed by atoms with Gasteiger partial charge >= 0.3 is 0 Å². The second kappa shape index (κ2) is 7.97. The Labute approximate surface area is 146 Å². The third kappa shape index (κ3) is 4.14. The number of hydrogen-bond donors (Lipinski definition) is 2. The Balaban J connectivity index is 1.67. The minimum absolute atomic E-state index is 0.147. The first-order valence-electron chi connectivity index (χ1n) is 7.94. The third-order valence-electron chi connectivity index (χ3n) is 3.76. The van der Waals surface area contributed by atoms with Gasteiger partial charge in [-0.2, -0.15) is 5.10 Å². The second-order valence-electron chi connectivity index (χ2n) is 5.42.